The van der Waals surface area contributed by atoms with Crippen LogP contribution in [0.15, 0.2) is 46.5 Å². The normalized spacial score (nSPS) is 19.5. The second-order valence-corrected chi connectivity index (χ2v) is 9.14. The molecule has 1 aromatic heterocycles. The Balaban J connectivity index is 1.32. The van der Waals surface area contributed by atoms with E-state index < -0.39 is 0 Å². The summed E-state index contributed by atoms with van der Waals surface area (Å²) >= 11 is 0. The number of nitrogens with one attached hydrogen (secondary N) is 2. The van der Waals surface area contributed by atoms with E-state index in [-0.39, 0.29) is 17.6 Å². The summed E-state index contributed by atoms with van der Waals surface area (Å²) in [6, 6.07) is 5.62. The third-order valence-electron chi connectivity index (χ3n) is 6.51. The second kappa shape index (κ2) is 8.23. The number of hydrogen-bond acceptors (Lipinski definition) is 6. The average molecular weight is 444 g/mol. The van der Waals surface area contributed by atoms with Crippen LogP contribution < -0.4 is 15.4 Å². The van der Waals surface area contributed by atoms with Crippen molar-refractivity contribution in [3.05, 3.63) is 64.1 Å². The Morgan fingerprint density at radius 2 is 2.09 bits per heavy atom. The van der Waals surface area contributed by atoms with Crippen LogP contribution in [0.3, 0.4) is 0 Å². The molecule has 1 aromatic carbocycles. The van der Waals surface area contributed by atoms with Crippen molar-refractivity contribution in [1.82, 2.24) is 15.3 Å². The first-order chi connectivity index (χ1) is 16.1. The van der Waals surface area contributed by atoms with Crippen LogP contribution in [0, 0.1) is 11.7 Å². The highest BCUT2D eigenvalue weighted by atomic mass is 19.1. The Morgan fingerprint density at radius 1 is 1.18 bits per heavy atom. The van der Waals surface area contributed by atoms with Crippen LogP contribution in [0.25, 0.3) is 11.6 Å². The predicted octanol–water partition coefficient (Wildman–Crippen LogP) is 4.90. The predicted molar refractivity (Wildman–Crippen MR) is 128 cm³/mol. The Morgan fingerprint density at radius 3 is 2.91 bits per heavy atom. The van der Waals surface area contributed by atoms with Gasteiger partial charge in [0, 0.05) is 18.2 Å². The molecule has 168 valence electrons. The molecule has 1 fully saturated rings. The minimum atomic E-state index is -0.369. The standard InChI is InChI=1S/C26H26FN5O/c1-15-10-18-4-5-22(25(27)20(18)11-15)33-26-30-21(17-6-8-28-9-7-17)13-24(32-26)31-23-12-19(14-29-23)16-2-3-16/h4-6,11-13,16,28H,2-3,7-10,14H2,1H3,(H,29,30,31,32). The molecule has 0 atom stereocenters. The number of allylic oxidation sites excluding steroid dienone is 1. The number of rotatable bonds is 5. The molecule has 7 heteroatoms. The van der Waals surface area contributed by atoms with Gasteiger partial charge in [-0.15, -0.1) is 0 Å². The van der Waals surface area contributed by atoms with E-state index in [1.165, 1.54) is 18.4 Å². The fourth-order valence-corrected chi connectivity index (χ4v) is 4.60. The topological polar surface area (TPSA) is 71.4 Å². The molecule has 3 heterocycles. The molecule has 0 unspecified atom stereocenters. The van der Waals surface area contributed by atoms with Gasteiger partial charge in [0.25, 0.3) is 0 Å². The molecule has 2 aliphatic carbocycles. The molecule has 0 spiro atoms. The summed E-state index contributed by atoms with van der Waals surface area (Å²) in [7, 11) is 0. The maximum atomic E-state index is 15.2. The minimum absolute atomic E-state index is 0.122. The van der Waals surface area contributed by atoms with E-state index >= 15 is 4.39 Å². The molecule has 33 heavy (non-hydrogen) atoms. The summed E-state index contributed by atoms with van der Waals surface area (Å²) in [6.07, 6.45) is 10.3. The van der Waals surface area contributed by atoms with Crippen molar-refractivity contribution >= 4 is 23.3 Å². The third-order valence-corrected chi connectivity index (χ3v) is 6.51. The summed E-state index contributed by atoms with van der Waals surface area (Å²) in [6.45, 7) is 4.44. The third kappa shape index (κ3) is 4.20. The lowest BCUT2D eigenvalue weighted by Crippen LogP contribution is -2.20. The van der Waals surface area contributed by atoms with Crippen LogP contribution in [0.5, 0.6) is 11.8 Å². The van der Waals surface area contributed by atoms with Gasteiger partial charge in [-0.2, -0.15) is 9.97 Å². The Hall–Kier alpha value is -3.32. The molecular weight excluding hydrogens is 417 g/mol. The van der Waals surface area contributed by atoms with E-state index in [0.29, 0.717) is 17.3 Å². The molecule has 4 aliphatic rings. The largest absolute Gasteiger partial charge is 0.421 e. The highest BCUT2D eigenvalue weighted by Gasteiger charge is 2.28. The smallest absolute Gasteiger partial charge is 0.324 e. The van der Waals surface area contributed by atoms with Crippen molar-refractivity contribution in [3.8, 4) is 11.8 Å². The molecule has 0 bridgehead atoms. The van der Waals surface area contributed by atoms with Gasteiger partial charge in [-0.05, 0) is 73.9 Å². The number of fused-ring (bicyclic) bond motifs is 1. The lowest BCUT2D eigenvalue weighted by molar-refractivity contribution is 0.410. The summed E-state index contributed by atoms with van der Waals surface area (Å²) in [5.74, 6) is 1.85. The highest BCUT2D eigenvalue weighted by molar-refractivity contribution is 6.05. The van der Waals surface area contributed by atoms with Gasteiger partial charge in [-0.3, -0.25) is 4.99 Å². The summed E-state index contributed by atoms with van der Waals surface area (Å²) < 4.78 is 21.1. The van der Waals surface area contributed by atoms with E-state index in [2.05, 4.69) is 37.7 Å². The number of nitrogens with zero attached hydrogens (tertiary/aromatic N) is 3. The molecule has 2 aliphatic heterocycles. The van der Waals surface area contributed by atoms with Gasteiger partial charge >= 0.3 is 6.01 Å². The van der Waals surface area contributed by atoms with Gasteiger partial charge in [-0.1, -0.05) is 23.8 Å². The Bertz CT molecular complexity index is 1260. The number of amidine groups is 1. The van der Waals surface area contributed by atoms with E-state index in [4.69, 9.17) is 4.74 Å². The molecule has 6 rings (SSSR count). The SMILES string of the molecule is CC1=Cc2c(ccc(Oc3nc(NC4=NCC(C5CC5)=C4)cc(C4=CCNCC4)n3)c2F)C1. The zero-order valence-electron chi connectivity index (χ0n) is 18.6. The molecule has 6 nitrogen and oxygen atoms in total. The van der Waals surface area contributed by atoms with Crippen LogP contribution in [0.1, 0.15) is 43.0 Å². The second-order valence-electron chi connectivity index (χ2n) is 9.14. The van der Waals surface area contributed by atoms with Crippen molar-refractivity contribution in [3.63, 3.8) is 0 Å². The highest BCUT2D eigenvalue weighted by Crippen LogP contribution is 2.38. The van der Waals surface area contributed by atoms with Crippen LogP contribution in [-0.2, 0) is 6.42 Å². The number of hydrogen-bond donors (Lipinski definition) is 2. The van der Waals surface area contributed by atoms with Gasteiger partial charge in [0.05, 0.1) is 12.2 Å². The summed E-state index contributed by atoms with van der Waals surface area (Å²) in [4.78, 5) is 13.8. The van der Waals surface area contributed by atoms with Crippen LogP contribution >= 0.6 is 0 Å². The number of aromatic nitrogens is 2. The van der Waals surface area contributed by atoms with Crippen molar-refractivity contribution in [2.75, 3.05) is 25.0 Å². The van der Waals surface area contributed by atoms with Gasteiger partial charge in [0.2, 0.25) is 0 Å². The molecule has 0 amide bonds. The molecule has 1 saturated carbocycles. The number of benzene rings is 1. The zero-order valence-corrected chi connectivity index (χ0v) is 18.6. The van der Waals surface area contributed by atoms with E-state index in [0.717, 1.165) is 60.7 Å². The monoisotopic (exact) mass is 443 g/mol. The van der Waals surface area contributed by atoms with Crippen molar-refractivity contribution < 1.29 is 9.13 Å². The minimum Gasteiger partial charge on any atom is -0.421 e. The average Bonchev–Trinajstić information content (AvgIpc) is 3.45. The van der Waals surface area contributed by atoms with Crippen molar-refractivity contribution in [2.24, 2.45) is 10.9 Å². The number of aliphatic imine (C=N–C) groups is 1. The molecular formula is C26H26FN5O. The van der Waals surface area contributed by atoms with Crippen molar-refractivity contribution in [2.45, 2.75) is 32.6 Å². The molecule has 0 saturated heterocycles. The number of ether oxygens (including phenoxy) is 1. The van der Waals surface area contributed by atoms with Crippen LogP contribution in [-0.4, -0.2) is 35.4 Å². The quantitative estimate of drug-likeness (QED) is 0.688. The molecule has 0 radical (unpaired) electrons. The maximum absolute atomic E-state index is 15.2. The van der Waals surface area contributed by atoms with Gasteiger partial charge in [0.1, 0.15) is 11.7 Å². The first-order valence-electron chi connectivity index (χ1n) is 11.6. The van der Waals surface area contributed by atoms with E-state index in [9.17, 15) is 0 Å². The lowest BCUT2D eigenvalue weighted by atomic mass is 10.1. The maximum Gasteiger partial charge on any atom is 0.324 e. The fraction of sp³-hybridized carbons (Fsp3) is 0.346. The number of anilines is 1. The first kappa shape index (κ1) is 20.3. The summed E-state index contributed by atoms with van der Waals surface area (Å²) in [5.41, 5.74) is 6.00. The van der Waals surface area contributed by atoms with Crippen molar-refractivity contribution in [1.29, 1.82) is 0 Å². The zero-order chi connectivity index (χ0) is 22.4. The fourth-order valence-electron chi connectivity index (χ4n) is 4.60. The van der Waals surface area contributed by atoms with E-state index in [1.54, 1.807) is 6.07 Å². The lowest BCUT2D eigenvalue weighted by Gasteiger charge is -2.16. The molecule has 2 N–H and O–H groups in total. The summed E-state index contributed by atoms with van der Waals surface area (Å²) in [5, 5.41) is 6.64. The van der Waals surface area contributed by atoms with E-state index in [1.807, 2.05) is 25.1 Å². The van der Waals surface area contributed by atoms with Crippen LogP contribution in [0.2, 0.25) is 0 Å². The first-order valence-corrected chi connectivity index (χ1v) is 11.6. The van der Waals surface area contributed by atoms with Crippen LogP contribution in [0.4, 0.5) is 10.2 Å². The van der Waals surface area contributed by atoms with Gasteiger partial charge < -0.3 is 15.4 Å². The molecule has 2 aromatic rings. The van der Waals surface area contributed by atoms with Gasteiger partial charge in [-0.25, -0.2) is 4.39 Å². The van der Waals surface area contributed by atoms with Gasteiger partial charge in [0.15, 0.2) is 11.6 Å². The Labute approximate surface area is 192 Å². The Kier molecular flexibility index (Phi) is 5.06. The number of halogens is 1.